The Labute approximate surface area is 241 Å². The number of hydrogen-bond donors (Lipinski definition) is 2. The van der Waals surface area contributed by atoms with Crippen LogP contribution in [-0.4, -0.2) is 83.9 Å². The van der Waals surface area contributed by atoms with E-state index in [1.54, 1.807) is 0 Å². The van der Waals surface area contributed by atoms with Crippen molar-refractivity contribution in [2.45, 2.75) is 103 Å². The summed E-state index contributed by atoms with van der Waals surface area (Å²) in [6, 6.07) is 0. The molecule has 0 aromatic heterocycles. The van der Waals surface area contributed by atoms with Gasteiger partial charge >= 0.3 is 29.6 Å². The number of aliphatic hydroxyl groups is 2. The summed E-state index contributed by atoms with van der Waals surface area (Å²) in [5.74, 6) is -0.782. The number of quaternary nitrogens is 1. The van der Waals surface area contributed by atoms with E-state index in [0.717, 1.165) is 12.8 Å². The Balaban J connectivity index is 0.0000122. The topological polar surface area (TPSA) is 127 Å². The van der Waals surface area contributed by atoms with E-state index in [2.05, 4.69) is 24.1 Å². The van der Waals surface area contributed by atoms with Gasteiger partial charge in [0.2, 0.25) is 5.78 Å². The summed E-state index contributed by atoms with van der Waals surface area (Å²) < 4.78 is 32.9. The largest absolute Gasteiger partial charge is 1.00 e. The molecule has 36 heavy (non-hydrogen) atoms. The van der Waals surface area contributed by atoms with Gasteiger partial charge in [0.05, 0.1) is 29.0 Å². The summed E-state index contributed by atoms with van der Waals surface area (Å²) in [7, 11) is -4.59. The molecule has 0 spiro atoms. The second-order valence-electron chi connectivity index (χ2n) is 9.84. The Morgan fingerprint density at radius 1 is 1.03 bits per heavy atom. The number of allylic oxidation sites excluding steroid dienone is 2. The van der Waals surface area contributed by atoms with Crippen LogP contribution in [0.1, 0.15) is 96.8 Å². The summed E-state index contributed by atoms with van der Waals surface area (Å²) in [5.41, 5.74) is 0. The molecule has 0 aliphatic carbocycles. The predicted octanol–water partition coefficient (Wildman–Crippen LogP) is 0.724. The molecule has 0 fully saturated rings. The summed E-state index contributed by atoms with van der Waals surface area (Å²) in [4.78, 5) is 17.1. The van der Waals surface area contributed by atoms with Gasteiger partial charge < -0.3 is 14.8 Å². The number of amidine groups is 1. The van der Waals surface area contributed by atoms with Crippen LogP contribution in [0.5, 0.6) is 0 Å². The van der Waals surface area contributed by atoms with E-state index in [4.69, 9.17) is 0 Å². The van der Waals surface area contributed by atoms with Gasteiger partial charge in [0.1, 0.15) is 25.7 Å². The fraction of sp³-hybridized carbons (Fsp3) is 0.846. The average Bonchev–Trinajstić information content (AvgIpc) is 3.18. The molecule has 2 atom stereocenters. The minimum Gasteiger partial charge on any atom is -0.748 e. The molecule has 0 aromatic carbocycles. The van der Waals surface area contributed by atoms with E-state index in [9.17, 15) is 28.0 Å². The number of carbonyl (C=O) groups excluding carboxylic acids is 1. The maximum atomic E-state index is 12.8. The SMILES string of the molecule is CCCCCCCCCCCC/C=C/CCCC(=O)C1=NCC[N+]1(CCO)CC(O)CS(=O)(=O)[O-].[Na+]. The zero-order valence-electron chi connectivity index (χ0n) is 22.7. The van der Waals surface area contributed by atoms with Gasteiger partial charge in [-0.05, 0) is 25.7 Å². The van der Waals surface area contributed by atoms with Crippen LogP contribution < -0.4 is 29.6 Å². The van der Waals surface area contributed by atoms with Crippen molar-refractivity contribution >= 4 is 21.7 Å². The van der Waals surface area contributed by atoms with Crippen molar-refractivity contribution in [3.05, 3.63) is 12.2 Å². The van der Waals surface area contributed by atoms with Crippen molar-refractivity contribution in [2.24, 2.45) is 4.99 Å². The second-order valence-corrected chi connectivity index (χ2v) is 11.3. The molecular weight excluding hydrogens is 491 g/mol. The Hall–Kier alpha value is -0.130. The molecule has 8 nitrogen and oxygen atoms in total. The fourth-order valence-corrected chi connectivity index (χ4v) is 5.38. The predicted molar refractivity (Wildman–Crippen MR) is 139 cm³/mol. The van der Waals surface area contributed by atoms with Crippen LogP contribution in [0.15, 0.2) is 17.1 Å². The number of ketones is 1. The monoisotopic (exact) mass is 539 g/mol. The molecule has 204 valence electrons. The maximum Gasteiger partial charge on any atom is 1.00 e. The van der Waals surface area contributed by atoms with Gasteiger partial charge in [-0.15, -0.1) is 0 Å². The third-order valence-electron chi connectivity index (χ3n) is 6.64. The molecule has 0 saturated carbocycles. The zero-order chi connectivity index (χ0) is 26.0. The molecule has 0 radical (unpaired) electrons. The van der Waals surface area contributed by atoms with Gasteiger partial charge in [-0.3, -0.25) is 9.28 Å². The molecule has 1 aliphatic rings. The first-order valence-corrected chi connectivity index (χ1v) is 15.1. The molecule has 10 heteroatoms. The Kier molecular flexibility index (Phi) is 20.7. The molecule has 0 amide bonds. The maximum absolute atomic E-state index is 12.8. The third-order valence-corrected chi connectivity index (χ3v) is 7.43. The summed E-state index contributed by atoms with van der Waals surface area (Å²) in [6.07, 6.45) is 19.0. The molecule has 1 heterocycles. The van der Waals surface area contributed by atoms with Crippen molar-refractivity contribution < 1.29 is 62.0 Å². The van der Waals surface area contributed by atoms with Crippen molar-refractivity contribution in [1.29, 1.82) is 0 Å². The summed E-state index contributed by atoms with van der Waals surface area (Å²) in [6.45, 7) is 2.82. The first-order valence-electron chi connectivity index (χ1n) is 13.6. The average molecular weight is 540 g/mol. The zero-order valence-corrected chi connectivity index (χ0v) is 25.5. The van der Waals surface area contributed by atoms with E-state index in [-0.39, 0.29) is 65.4 Å². The standard InChI is InChI=1S/C26H48N2O6S.Na/c1-2-3-4-5-6-7-8-9-10-11-12-13-14-15-16-17-25(31)26-27-18-19-28(26,20-21-29)22-24(30)23-35(32,33)34;/h13-14,24,29-30H,2-12,15-23H2,1H3;/q;+1/b14-13+;. The first kappa shape index (κ1) is 35.9. The Morgan fingerprint density at radius 2 is 1.58 bits per heavy atom. The number of rotatable bonds is 22. The van der Waals surface area contributed by atoms with Crippen LogP contribution in [-0.2, 0) is 14.9 Å². The second kappa shape index (κ2) is 20.8. The fourth-order valence-electron chi connectivity index (χ4n) is 4.80. The molecule has 0 aromatic rings. The number of nitrogens with zero attached hydrogens (tertiary/aromatic N) is 2. The van der Waals surface area contributed by atoms with Crippen LogP contribution in [0, 0.1) is 0 Å². The number of carbonyl (C=O) groups is 1. The van der Waals surface area contributed by atoms with Gasteiger partial charge in [0.25, 0.3) is 5.84 Å². The van der Waals surface area contributed by atoms with E-state index in [1.807, 2.05) is 0 Å². The van der Waals surface area contributed by atoms with Crippen LogP contribution in [0.25, 0.3) is 0 Å². The quantitative estimate of drug-likeness (QED) is 0.0686. The molecule has 0 bridgehead atoms. The summed E-state index contributed by atoms with van der Waals surface area (Å²) >= 11 is 0. The van der Waals surface area contributed by atoms with Gasteiger partial charge in [0, 0.05) is 6.42 Å². The molecule has 1 aliphatic heterocycles. The Bertz CT molecular complexity index is 760. The summed E-state index contributed by atoms with van der Waals surface area (Å²) in [5, 5.41) is 19.6. The normalized spacial score (nSPS) is 18.8. The van der Waals surface area contributed by atoms with Crippen molar-refractivity contribution in [2.75, 3.05) is 38.5 Å². The smallest absolute Gasteiger partial charge is 0.748 e. The van der Waals surface area contributed by atoms with E-state index < -0.39 is 22.0 Å². The number of aliphatic hydroxyl groups excluding tert-OH is 2. The minimum absolute atomic E-state index is 0. The Morgan fingerprint density at radius 3 is 2.14 bits per heavy atom. The number of Topliss-reactive ketones (excluding diaryl/α,β-unsaturated/α-hetero) is 1. The number of unbranched alkanes of at least 4 members (excludes halogenated alkanes) is 11. The van der Waals surface area contributed by atoms with Crippen molar-refractivity contribution in [1.82, 2.24) is 0 Å². The first-order chi connectivity index (χ1) is 16.7. The van der Waals surface area contributed by atoms with Crippen LogP contribution >= 0.6 is 0 Å². The van der Waals surface area contributed by atoms with Crippen LogP contribution in [0.4, 0.5) is 0 Å². The van der Waals surface area contributed by atoms with Crippen LogP contribution in [0.2, 0.25) is 0 Å². The van der Waals surface area contributed by atoms with Gasteiger partial charge in [-0.2, -0.15) is 0 Å². The van der Waals surface area contributed by atoms with E-state index in [1.165, 1.54) is 64.2 Å². The van der Waals surface area contributed by atoms with Crippen molar-refractivity contribution in [3.8, 4) is 0 Å². The molecule has 1 rings (SSSR count). The van der Waals surface area contributed by atoms with E-state index >= 15 is 0 Å². The van der Waals surface area contributed by atoms with Crippen molar-refractivity contribution in [3.63, 3.8) is 0 Å². The van der Waals surface area contributed by atoms with Crippen LogP contribution in [0.3, 0.4) is 0 Å². The van der Waals surface area contributed by atoms with Gasteiger partial charge in [-0.1, -0.05) is 76.9 Å². The minimum atomic E-state index is -4.59. The molecule has 2 unspecified atom stereocenters. The van der Waals surface area contributed by atoms with Gasteiger partial charge in [0.15, 0.2) is 0 Å². The molecule has 0 saturated heterocycles. The van der Waals surface area contributed by atoms with Gasteiger partial charge in [-0.25, -0.2) is 13.4 Å². The number of hydrogen-bond acceptors (Lipinski definition) is 7. The molecule has 2 N–H and O–H groups in total. The third kappa shape index (κ3) is 16.0. The number of aliphatic imine (C=N–C) groups is 1. The van der Waals surface area contributed by atoms with E-state index in [0.29, 0.717) is 25.9 Å². The molecular formula is C26H48N2NaO6S+.